The minimum absolute atomic E-state index is 0.00809. The van der Waals surface area contributed by atoms with Crippen LogP contribution in [0.5, 0.6) is 0 Å². The molecule has 0 aromatic rings. The lowest BCUT2D eigenvalue weighted by Crippen LogP contribution is -2.42. The number of hydrogen-bond donors (Lipinski definition) is 0. The van der Waals surface area contributed by atoms with Crippen LogP contribution in [0.1, 0.15) is 19.8 Å². The van der Waals surface area contributed by atoms with Gasteiger partial charge in [0.1, 0.15) is 0 Å². The monoisotopic (exact) mass is 335 g/mol. The maximum Gasteiger partial charge on any atom is 0.413 e. The zero-order chi connectivity index (χ0) is 17.7. The van der Waals surface area contributed by atoms with E-state index in [1.54, 1.807) is 12.2 Å². The van der Waals surface area contributed by atoms with E-state index in [1.807, 2.05) is 0 Å². The molecular formula is C18H25NO5. The second-order valence-electron chi connectivity index (χ2n) is 6.17. The third kappa shape index (κ3) is 3.63. The van der Waals surface area contributed by atoms with Gasteiger partial charge in [0.05, 0.1) is 18.9 Å². The predicted octanol–water partition coefficient (Wildman–Crippen LogP) is 2.87. The van der Waals surface area contributed by atoms with Gasteiger partial charge in [-0.05, 0) is 18.8 Å². The van der Waals surface area contributed by atoms with Gasteiger partial charge in [0.25, 0.3) is 0 Å². The summed E-state index contributed by atoms with van der Waals surface area (Å²) in [5.74, 6) is -0.161. The fourth-order valence-electron chi connectivity index (χ4n) is 3.50. The van der Waals surface area contributed by atoms with Gasteiger partial charge in [-0.3, -0.25) is 0 Å². The number of carbonyl (C=O) groups excluding carboxylic acids is 2. The highest BCUT2D eigenvalue weighted by Crippen LogP contribution is 2.46. The molecule has 1 saturated carbocycles. The largest absolute Gasteiger partial charge is 0.466 e. The van der Waals surface area contributed by atoms with E-state index in [0.717, 1.165) is 12.8 Å². The molecule has 132 valence electrons. The SMILES string of the molecule is C=CCN(CC=C)C(=O)OC1OC=C(C(=O)OC)C2CCC(C)C12. The lowest BCUT2D eigenvalue weighted by atomic mass is 9.83. The van der Waals surface area contributed by atoms with E-state index in [0.29, 0.717) is 18.7 Å². The van der Waals surface area contributed by atoms with Crippen molar-refractivity contribution in [1.29, 1.82) is 0 Å². The maximum atomic E-state index is 12.4. The second kappa shape index (κ2) is 8.04. The smallest absolute Gasteiger partial charge is 0.413 e. The molecule has 1 heterocycles. The molecule has 4 unspecified atom stereocenters. The van der Waals surface area contributed by atoms with Crippen molar-refractivity contribution in [1.82, 2.24) is 4.90 Å². The third-order valence-corrected chi connectivity index (χ3v) is 4.69. The zero-order valence-electron chi connectivity index (χ0n) is 14.3. The topological polar surface area (TPSA) is 65.1 Å². The number of methoxy groups -OCH3 is 1. The fourth-order valence-corrected chi connectivity index (χ4v) is 3.50. The Morgan fingerprint density at radius 3 is 2.58 bits per heavy atom. The summed E-state index contributed by atoms with van der Waals surface area (Å²) in [7, 11) is 1.35. The normalized spacial score (nSPS) is 28.0. The Morgan fingerprint density at radius 2 is 2.00 bits per heavy atom. The van der Waals surface area contributed by atoms with E-state index >= 15 is 0 Å². The summed E-state index contributed by atoms with van der Waals surface area (Å²) in [5, 5.41) is 0. The lowest BCUT2D eigenvalue weighted by Gasteiger charge is -2.35. The van der Waals surface area contributed by atoms with Gasteiger partial charge < -0.3 is 19.1 Å². The first-order valence-electron chi connectivity index (χ1n) is 8.14. The van der Waals surface area contributed by atoms with Crippen LogP contribution in [0.25, 0.3) is 0 Å². The first-order chi connectivity index (χ1) is 11.5. The average molecular weight is 335 g/mol. The number of ether oxygens (including phenoxy) is 3. The second-order valence-corrected chi connectivity index (χ2v) is 6.17. The minimum Gasteiger partial charge on any atom is -0.466 e. The van der Waals surface area contributed by atoms with Crippen molar-refractivity contribution < 1.29 is 23.8 Å². The van der Waals surface area contributed by atoms with Gasteiger partial charge in [0, 0.05) is 24.9 Å². The molecule has 1 amide bonds. The molecule has 0 N–H and O–H groups in total. The number of rotatable bonds is 6. The predicted molar refractivity (Wildman–Crippen MR) is 88.8 cm³/mol. The van der Waals surface area contributed by atoms with Crippen molar-refractivity contribution in [2.45, 2.75) is 26.1 Å². The summed E-state index contributed by atoms with van der Waals surface area (Å²) >= 11 is 0. The Kier molecular flexibility index (Phi) is 6.06. The van der Waals surface area contributed by atoms with Crippen LogP contribution in [-0.2, 0) is 19.0 Å². The molecule has 0 aromatic heterocycles. The molecule has 6 nitrogen and oxygen atoms in total. The highest BCUT2D eigenvalue weighted by molar-refractivity contribution is 5.89. The van der Waals surface area contributed by atoms with Crippen LogP contribution in [0.2, 0.25) is 0 Å². The van der Waals surface area contributed by atoms with Crippen LogP contribution in [0.3, 0.4) is 0 Å². The third-order valence-electron chi connectivity index (χ3n) is 4.69. The van der Waals surface area contributed by atoms with Crippen molar-refractivity contribution >= 4 is 12.1 Å². The molecule has 0 bridgehead atoms. The van der Waals surface area contributed by atoms with Gasteiger partial charge >= 0.3 is 12.1 Å². The lowest BCUT2D eigenvalue weighted by molar-refractivity contribution is -0.146. The van der Waals surface area contributed by atoms with Crippen molar-refractivity contribution in [2.24, 2.45) is 17.8 Å². The number of fused-ring (bicyclic) bond motifs is 1. The summed E-state index contributed by atoms with van der Waals surface area (Å²) in [5.41, 5.74) is 0.521. The molecule has 0 radical (unpaired) electrons. The Hall–Kier alpha value is -2.24. The van der Waals surface area contributed by atoms with E-state index in [1.165, 1.54) is 18.3 Å². The summed E-state index contributed by atoms with van der Waals surface area (Å²) < 4.78 is 16.0. The molecule has 6 heteroatoms. The summed E-state index contributed by atoms with van der Waals surface area (Å²) in [6, 6.07) is 0. The fraction of sp³-hybridized carbons (Fsp3) is 0.556. The first kappa shape index (κ1) is 18.1. The quantitative estimate of drug-likeness (QED) is 0.552. The molecule has 1 aliphatic carbocycles. The first-order valence-corrected chi connectivity index (χ1v) is 8.14. The Morgan fingerprint density at radius 1 is 1.33 bits per heavy atom. The van der Waals surface area contributed by atoms with Crippen molar-refractivity contribution in [3.8, 4) is 0 Å². The van der Waals surface area contributed by atoms with Crippen LogP contribution >= 0.6 is 0 Å². The molecule has 2 rings (SSSR count). The van der Waals surface area contributed by atoms with Crippen LogP contribution in [0.4, 0.5) is 4.79 Å². The number of hydrogen-bond acceptors (Lipinski definition) is 5. The average Bonchev–Trinajstić information content (AvgIpc) is 2.96. The van der Waals surface area contributed by atoms with Gasteiger partial charge in [0.15, 0.2) is 0 Å². The van der Waals surface area contributed by atoms with Gasteiger partial charge in [-0.2, -0.15) is 0 Å². The molecular weight excluding hydrogens is 310 g/mol. The van der Waals surface area contributed by atoms with E-state index in [9.17, 15) is 9.59 Å². The van der Waals surface area contributed by atoms with Crippen molar-refractivity contribution in [2.75, 3.05) is 20.2 Å². The van der Waals surface area contributed by atoms with Gasteiger partial charge in [0.2, 0.25) is 6.29 Å². The molecule has 0 saturated heterocycles. The molecule has 0 aromatic carbocycles. The van der Waals surface area contributed by atoms with Crippen molar-refractivity contribution in [3.63, 3.8) is 0 Å². The summed E-state index contributed by atoms with van der Waals surface area (Å²) in [6.07, 6.45) is 5.26. The Balaban J connectivity index is 2.14. The van der Waals surface area contributed by atoms with Crippen LogP contribution in [0, 0.1) is 17.8 Å². The van der Waals surface area contributed by atoms with Gasteiger partial charge in [-0.25, -0.2) is 9.59 Å². The molecule has 1 fully saturated rings. The molecule has 24 heavy (non-hydrogen) atoms. The van der Waals surface area contributed by atoms with E-state index in [2.05, 4.69) is 20.1 Å². The Bertz CT molecular complexity index is 532. The standard InChI is InChI=1S/C18H25NO5/c1-5-9-19(10-6-2)18(21)24-17-15-12(3)7-8-13(15)14(11-23-17)16(20)22-4/h5-6,11-13,15,17H,1-2,7-10H2,3-4H3. The van der Waals surface area contributed by atoms with Crippen LogP contribution in [-0.4, -0.2) is 43.5 Å². The number of carbonyl (C=O) groups is 2. The summed E-state index contributed by atoms with van der Waals surface area (Å²) in [4.78, 5) is 25.8. The Labute approximate surface area is 142 Å². The highest BCUT2D eigenvalue weighted by Gasteiger charge is 2.48. The number of esters is 1. The van der Waals surface area contributed by atoms with Crippen molar-refractivity contribution in [3.05, 3.63) is 37.1 Å². The van der Waals surface area contributed by atoms with E-state index in [-0.39, 0.29) is 23.7 Å². The molecule has 2 aliphatic rings. The minimum atomic E-state index is -0.703. The zero-order valence-corrected chi connectivity index (χ0v) is 14.3. The molecule has 0 spiro atoms. The highest BCUT2D eigenvalue weighted by atomic mass is 16.7. The van der Waals surface area contributed by atoms with E-state index in [4.69, 9.17) is 14.2 Å². The van der Waals surface area contributed by atoms with Gasteiger partial charge in [-0.15, -0.1) is 13.2 Å². The summed E-state index contributed by atoms with van der Waals surface area (Å²) in [6.45, 7) is 10.1. The molecule has 4 atom stereocenters. The maximum absolute atomic E-state index is 12.4. The van der Waals surface area contributed by atoms with E-state index < -0.39 is 12.4 Å². The number of amides is 1. The number of nitrogens with zero attached hydrogens (tertiary/aromatic N) is 1. The van der Waals surface area contributed by atoms with Crippen LogP contribution < -0.4 is 0 Å². The van der Waals surface area contributed by atoms with Crippen LogP contribution in [0.15, 0.2) is 37.1 Å². The van der Waals surface area contributed by atoms with Gasteiger partial charge in [-0.1, -0.05) is 19.1 Å². The molecule has 1 aliphatic heterocycles.